The Bertz CT molecular complexity index is 1530. The van der Waals surface area contributed by atoms with Crippen molar-refractivity contribution in [1.29, 1.82) is 5.26 Å². The number of benzene rings is 3. The van der Waals surface area contributed by atoms with E-state index in [4.69, 9.17) is 0 Å². The van der Waals surface area contributed by atoms with Crippen molar-refractivity contribution in [2.45, 2.75) is 39.4 Å². The van der Waals surface area contributed by atoms with Crippen LogP contribution in [0, 0.1) is 18.3 Å². The average molecular weight is 467 g/mol. The Labute approximate surface area is 202 Å². The van der Waals surface area contributed by atoms with Gasteiger partial charge in [0.25, 0.3) is 5.56 Å². The number of nitrogens with one attached hydrogen (secondary N) is 1. The molecule has 0 saturated heterocycles. The second kappa shape index (κ2) is 10.7. The van der Waals surface area contributed by atoms with Gasteiger partial charge in [0.05, 0.1) is 29.1 Å². The molecule has 0 aliphatic carbocycles. The molecule has 4 aromatic rings. The third kappa shape index (κ3) is 5.39. The van der Waals surface area contributed by atoms with E-state index in [0.717, 1.165) is 11.1 Å². The van der Waals surface area contributed by atoms with Gasteiger partial charge in [-0.3, -0.25) is 18.7 Å². The summed E-state index contributed by atoms with van der Waals surface area (Å²) in [4.78, 5) is 38.8. The van der Waals surface area contributed by atoms with Gasteiger partial charge >= 0.3 is 5.69 Å². The first-order valence-electron chi connectivity index (χ1n) is 11.5. The predicted octanol–water partition coefficient (Wildman–Crippen LogP) is 3.49. The Morgan fingerprint density at radius 1 is 0.943 bits per heavy atom. The minimum absolute atomic E-state index is 0.125. The summed E-state index contributed by atoms with van der Waals surface area (Å²) in [5.41, 5.74) is 3.02. The third-order valence-electron chi connectivity index (χ3n) is 5.99. The SMILES string of the molecule is Cc1ccc(CNC(=O)CCCn2c(=O)c3ccccc3n(Cc3ccccc3C#N)c2=O)cc1. The van der Waals surface area contributed by atoms with Gasteiger partial charge in [-0.1, -0.05) is 60.2 Å². The first-order valence-corrected chi connectivity index (χ1v) is 11.5. The van der Waals surface area contributed by atoms with Crippen molar-refractivity contribution in [3.8, 4) is 6.07 Å². The van der Waals surface area contributed by atoms with Gasteiger partial charge in [-0.25, -0.2) is 4.79 Å². The van der Waals surface area contributed by atoms with Gasteiger partial charge < -0.3 is 5.32 Å². The third-order valence-corrected chi connectivity index (χ3v) is 5.99. The van der Waals surface area contributed by atoms with E-state index >= 15 is 0 Å². The summed E-state index contributed by atoms with van der Waals surface area (Å²) < 4.78 is 2.70. The lowest BCUT2D eigenvalue weighted by Crippen LogP contribution is -2.40. The Balaban J connectivity index is 1.53. The molecule has 0 atom stereocenters. The lowest BCUT2D eigenvalue weighted by Gasteiger charge is -2.15. The van der Waals surface area contributed by atoms with Crippen LogP contribution in [0.1, 0.15) is 35.1 Å². The quantitative estimate of drug-likeness (QED) is 0.430. The van der Waals surface area contributed by atoms with Crippen molar-refractivity contribution in [2.24, 2.45) is 0 Å². The average Bonchev–Trinajstić information content (AvgIpc) is 2.88. The fourth-order valence-electron chi connectivity index (χ4n) is 4.05. The molecule has 0 aliphatic heterocycles. The number of hydrogen-bond donors (Lipinski definition) is 1. The molecule has 0 fully saturated rings. The van der Waals surface area contributed by atoms with Crippen LogP contribution < -0.4 is 16.6 Å². The number of hydrogen-bond acceptors (Lipinski definition) is 4. The summed E-state index contributed by atoms with van der Waals surface area (Å²) in [7, 11) is 0. The highest BCUT2D eigenvalue weighted by atomic mass is 16.2. The van der Waals surface area contributed by atoms with E-state index in [-0.39, 0.29) is 31.0 Å². The van der Waals surface area contributed by atoms with Crippen LogP contribution in [0.15, 0.2) is 82.4 Å². The van der Waals surface area contributed by atoms with E-state index in [1.54, 1.807) is 42.5 Å². The fourth-order valence-corrected chi connectivity index (χ4v) is 4.05. The first-order chi connectivity index (χ1) is 17.0. The zero-order valence-electron chi connectivity index (χ0n) is 19.5. The molecule has 0 aliphatic rings. The van der Waals surface area contributed by atoms with E-state index < -0.39 is 5.69 Å². The molecule has 1 aromatic heterocycles. The molecule has 0 unspecified atom stereocenters. The summed E-state index contributed by atoms with van der Waals surface area (Å²) in [5.74, 6) is -0.136. The molecule has 0 saturated carbocycles. The van der Waals surface area contributed by atoms with Crippen LogP contribution in [0.3, 0.4) is 0 Å². The molecule has 3 aromatic carbocycles. The minimum atomic E-state index is -0.457. The van der Waals surface area contributed by atoms with E-state index in [1.807, 2.05) is 37.3 Å². The molecule has 0 radical (unpaired) electrons. The minimum Gasteiger partial charge on any atom is -0.352 e. The smallest absolute Gasteiger partial charge is 0.331 e. The number of rotatable bonds is 8. The summed E-state index contributed by atoms with van der Waals surface area (Å²) in [5, 5.41) is 12.7. The fraction of sp³-hybridized carbons (Fsp3) is 0.214. The normalized spacial score (nSPS) is 10.7. The number of nitrogens with zero attached hydrogens (tertiary/aromatic N) is 3. The number of carbonyl (C=O) groups excluding carboxylic acids is 1. The number of fused-ring (bicyclic) bond motifs is 1. The van der Waals surface area contributed by atoms with E-state index in [2.05, 4.69) is 11.4 Å². The molecule has 176 valence electrons. The van der Waals surface area contributed by atoms with Crippen LogP contribution in [0.25, 0.3) is 10.9 Å². The van der Waals surface area contributed by atoms with Crippen molar-refractivity contribution >= 4 is 16.8 Å². The van der Waals surface area contributed by atoms with Gasteiger partial charge in [0.1, 0.15) is 0 Å². The van der Waals surface area contributed by atoms with Gasteiger partial charge in [0.2, 0.25) is 5.91 Å². The molecule has 7 heteroatoms. The second-order valence-corrected chi connectivity index (χ2v) is 8.48. The lowest BCUT2D eigenvalue weighted by atomic mass is 10.1. The molecular formula is C28H26N4O3. The standard InChI is InChI=1S/C28H26N4O3/c1-20-12-14-21(15-13-20)18-30-26(33)11-6-16-31-27(34)24-9-4-5-10-25(24)32(28(31)35)19-23-8-3-2-7-22(23)17-29/h2-5,7-10,12-15H,6,11,16,18-19H2,1H3,(H,30,33). The zero-order valence-corrected chi connectivity index (χ0v) is 19.5. The predicted molar refractivity (Wildman–Crippen MR) is 135 cm³/mol. The van der Waals surface area contributed by atoms with Crippen LogP contribution in [-0.2, 0) is 24.4 Å². The number of para-hydroxylation sites is 1. The van der Waals surface area contributed by atoms with Crippen molar-refractivity contribution in [3.63, 3.8) is 0 Å². The molecule has 7 nitrogen and oxygen atoms in total. The number of aryl methyl sites for hydroxylation is 1. The maximum absolute atomic E-state index is 13.4. The van der Waals surface area contributed by atoms with Crippen LogP contribution in [0.4, 0.5) is 0 Å². The van der Waals surface area contributed by atoms with Gasteiger partial charge in [-0.15, -0.1) is 0 Å². The largest absolute Gasteiger partial charge is 0.352 e. The molecule has 0 bridgehead atoms. The van der Waals surface area contributed by atoms with Gasteiger partial charge in [-0.05, 0) is 42.7 Å². The second-order valence-electron chi connectivity index (χ2n) is 8.48. The lowest BCUT2D eigenvalue weighted by molar-refractivity contribution is -0.121. The summed E-state index contributed by atoms with van der Waals surface area (Å²) in [6, 6.07) is 24.1. The maximum atomic E-state index is 13.4. The van der Waals surface area contributed by atoms with E-state index in [1.165, 1.54) is 9.13 Å². The van der Waals surface area contributed by atoms with Crippen molar-refractivity contribution in [3.05, 3.63) is 116 Å². The summed E-state index contributed by atoms with van der Waals surface area (Å²) >= 11 is 0. The molecule has 35 heavy (non-hydrogen) atoms. The monoisotopic (exact) mass is 466 g/mol. The van der Waals surface area contributed by atoms with E-state index in [0.29, 0.717) is 35.0 Å². The molecular weight excluding hydrogens is 440 g/mol. The number of amides is 1. The Kier molecular flexibility index (Phi) is 7.22. The molecule has 1 heterocycles. The van der Waals surface area contributed by atoms with Crippen LogP contribution in [0.5, 0.6) is 0 Å². The van der Waals surface area contributed by atoms with E-state index in [9.17, 15) is 19.6 Å². The topological polar surface area (TPSA) is 96.9 Å². The first kappa shape index (κ1) is 23.7. The molecule has 0 spiro atoms. The molecule has 1 N–H and O–H groups in total. The van der Waals surface area contributed by atoms with Gasteiger partial charge in [0.15, 0.2) is 0 Å². The summed E-state index contributed by atoms with van der Waals surface area (Å²) in [6.07, 6.45) is 0.545. The Morgan fingerprint density at radius 2 is 1.66 bits per heavy atom. The summed E-state index contributed by atoms with van der Waals surface area (Å²) in [6.45, 7) is 2.73. The maximum Gasteiger partial charge on any atom is 0.331 e. The zero-order chi connectivity index (χ0) is 24.8. The van der Waals surface area contributed by atoms with Gasteiger partial charge in [-0.2, -0.15) is 5.26 Å². The van der Waals surface area contributed by atoms with Crippen molar-refractivity contribution in [1.82, 2.24) is 14.5 Å². The van der Waals surface area contributed by atoms with Crippen LogP contribution in [0.2, 0.25) is 0 Å². The van der Waals surface area contributed by atoms with Crippen molar-refractivity contribution in [2.75, 3.05) is 0 Å². The highest BCUT2D eigenvalue weighted by molar-refractivity contribution is 5.78. The Morgan fingerprint density at radius 3 is 2.43 bits per heavy atom. The highest BCUT2D eigenvalue weighted by Gasteiger charge is 2.15. The van der Waals surface area contributed by atoms with Crippen LogP contribution >= 0.6 is 0 Å². The highest BCUT2D eigenvalue weighted by Crippen LogP contribution is 2.13. The number of carbonyl (C=O) groups is 1. The number of aromatic nitrogens is 2. The van der Waals surface area contributed by atoms with Gasteiger partial charge in [0, 0.05) is 19.5 Å². The number of nitriles is 1. The molecule has 4 rings (SSSR count). The van der Waals surface area contributed by atoms with Crippen molar-refractivity contribution < 1.29 is 4.79 Å². The Hall–Kier alpha value is -4.44. The molecule has 1 amide bonds. The van der Waals surface area contributed by atoms with Crippen LogP contribution in [-0.4, -0.2) is 15.0 Å².